The van der Waals surface area contributed by atoms with E-state index in [4.69, 9.17) is 21.1 Å². The summed E-state index contributed by atoms with van der Waals surface area (Å²) in [6.07, 6.45) is 1.84. The van der Waals surface area contributed by atoms with Gasteiger partial charge < -0.3 is 14.0 Å². The molecule has 1 atom stereocenters. The van der Waals surface area contributed by atoms with Crippen molar-refractivity contribution in [1.82, 2.24) is 14.5 Å². The normalized spacial score (nSPS) is 13.0. The Hall–Kier alpha value is -1.17. The predicted octanol–water partition coefficient (Wildman–Crippen LogP) is 2.70. The van der Waals surface area contributed by atoms with E-state index in [1.165, 1.54) is 0 Å². The van der Waals surface area contributed by atoms with Gasteiger partial charge in [-0.3, -0.25) is 0 Å². The Morgan fingerprint density at radius 3 is 2.85 bits per heavy atom. The molecular formula is C14H20ClN3O2. The Balaban J connectivity index is 2.18. The third-order valence-electron chi connectivity index (χ3n) is 3.00. The number of aromatic nitrogens is 3. The first kappa shape index (κ1) is 15.2. The fourth-order valence-corrected chi connectivity index (χ4v) is 2.22. The maximum atomic E-state index is 6.21. The third-order valence-corrected chi connectivity index (χ3v) is 3.19. The van der Waals surface area contributed by atoms with Gasteiger partial charge in [-0.15, -0.1) is 11.6 Å². The summed E-state index contributed by atoms with van der Waals surface area (Å²) >= 11 is 6.21. The lowest BCUT2D eigenvalue weighted by atomic mass is 10.3. The lowest BCUT2D eigenvalue weighted by Crippen LogP contribution is -2.12. The van der Waals surface area contributed by atoms with E-state index in [-0.39, 0.29) is 5.38 Å². The number of ether oxygens (including phenoxy) is 2. The van der Waals surface area contributed by atoms with Gasteiger partial charge in [-0.2, -0.15) is 0 Å². The van der Waals surface area contributed by atoms with E-state index < -0.39 is 0 Å². The van der Waals surface area contributed by atoms with Crippen molar-refractivity contribution in [3.05, 3.63) is 23.7 Å². The maximum Gasteiger partial charge on any atom is 0.160 e. The fraction of sp³-hybridized carbons (Fsp3) is 0.571. The molecule has 0 aromatic carbocycles. The van der Waals surface area contributed by atoms with E-state index in [9.17, 15) is 0 Å². The average Bonchev–Trinajstić information content (AvgIpc) is 2.76. The second kappa shape index (κ2) is 7.02. The van der Waals surface area contributed by atoms with E-state index in [0.29, 0.717) is 26.4 Å². The van der Waals surface area contributed by atoms with Gasteiger partial charge in [0.25, 0.3) is 0 Å². The lowest BCUT2D eigenvalue weighted by Gasteiger charge is -2.10. The molecule has 0 aliphatic carbocycles. The smallest absolute Gasteiger partial charge is 0.160 e. The predicted molar refractivity (Wildman–Crippen MR) is 79.2 cm³/mol. The monoisotopic (exact) mass is 297 g/mol. The van der Waals surface area contributed by atoms with E-state index in [2.05, 4.69) is 9.97 Å². The van der Waals surface area contributed by atoms with Gasteiger partial charge in [-0.1, -0.05) is 0 Å². The van der Waals surface area contributed by atoms with Crippen molar-refractivity contribution in [2.75, 3.05) is 26.9 Å². The zero-order valence-electron chi connectivity index (χ0n) is 12.1. The molecule has 0 bridgehead atoms. The van der Waals surface area contributed by atoms with Crippen molar-refractivity contribution >= 4 is 22.8 Å². The van der Waals surface area contributed by atoms with Crippen LogP contribution in [0, 0.1) is 6.92 Å². The summed E-state index contributed by atoms with van der Waals surface area (Å²) in [7, 11) is 1.66. The third kappa shape index (κ3) is 3.48. The molecular weight excluding hydrogens is 278 g/mol. The lowest BCUT2D eigenvalue weighted by molar-refractivity contribution is 0.0666. The van der Waals surface area contributed by atoms with Crippen LogP contribution >= 0.6 is 11.6 Å². The number of nitrogens with zero attached hydrogens (tertiary/aromatic N) is 3. The molecule has 0 amide bonds. The quantitative estimate of drug-likeness (QED) is 0.582. The highest BCUT2D eigenvalue weighted by Gasteiger charge is 2.15. The minimum absolute atomic E-state index is 0.163. The molecule has 0 aliphatic rings. The molecule has 110 valence electrons. The average molecular weight is 298 g/mol. The summed E-state index contributed by atoms with van der Waals surface area (Å²) in [4.78, 5) is 9.04. The molecule has 0 spiro atoms. The van der Waals surface area contributed by atoms with Crippen LogP contribution in [-0.4, -0.2) is 41.5 Å². The Morgan fingerprint density at radius 1 is 1.35 bits per heavy atom. The number of methoxy groups -OCH3 is 1. The number of hydrogen-bond acceptors (Lipinski definition) is 4. The number of alkyl halides is 1. The van der Waals surface area contributed by atoms with Crippen LogP contribution in [0.4, 0.5) is 0 Å². The molecule has 0 radical (unpaired) electrons. The fourth-order valence-electron chi connectivity index (χ4n) is 2.05. The number of fused-ring (bicyclic) bond motifs is 1. The van der Waals surface area contributed by atoms with E-state index >= 15 is 0 Å². The SMILES string of the molecule is COCCOCCn1c(C(C)Cl)nc2cc(C)cnc21. The van der Waals surface area contributed by atoms with E-state index in [0.717, 1.165) is 22.6 Å². The Kier molecular flexibility index (Phi) is 5.34. The second-order valence-corrected chi connectivity index (χ2v) is 5.35. The number of aryl methyl sites for hydroxylation is 1. The standard InChI is InChI=1S/C14H20ClN3O2/c1-10-8-12-14(16-9-10)18(13(17-12)11(2)15)4-5-20-7-6-19-3/h8-9,11H,4-7H2,1-3H3. The van der Waals surface area contributed by atoms with Crippen molar-refractivity contribution in [1.29, 1.82) is 0 Å². The van der Waals surface area contributed by atoms with E-state index in [1.54, 1.807) is 7.11 Å². The molecule has 0 aliphatic heterocycles. The summed E-state index contributed by atoms with van der Waals surface area (Å²) in [6.45, 7) is 6.37. The summed E-state index contributed by atoms with van der Waals surface area (Å²) in [5.74, 6) is 0.829. The van der Waals surface area contributed by atoms with Crippen LogP contribution in [0.25, 0.3) is 11.2 Å². The van der Waals surface area contributed by atoms with Crippen LogP contribution < -0.4 is 0 Å². The Labute approximate surface area is 123 Å². The first-order chi connectivity index (χ1) is 9.63. The van der Waals surface area contributed by atoms with Gasteiger partial charge in [0, 0.05) is 19.9 Å². The molecule has 0 fully saturated rings. The van der Waals surface area contributed by atoms with Crippen molar-refractivity contribution in [2.24, 2.45) is 0 Å². The number of halogens is 1. The Bertz CT molecular complexity index is 569. The summed E-state index contributed by atoms with van der Waals surface area (Å²) < 4.78 is 12.5. The van der Waals surface area contributed by atoms with Crippen molar-refractivity contribution < 1.29 is 9.47 Å². The van der Waals surface area contributed by atoms with Crippen molar-refractivity contribution in [3.8, 4) is 0 Å². The van der Waals surface area contributed by atoms with Gasteiger partial charge in [-0.05, 0) is 25.5 Å². The van der Waals surface area contributed by atoms with Crippen LogP contribution in [-0.2, 0) is 16.0 Å². The number of rotatable bonds is 7. The number of hydrogen-bond donors (Lipinski definition) is 0. The van der Waals surface area contributed by atoms with Crippen molar-refractivity contribution in [2.45, 2.75) is 25.8 Å². The molecule has 20 heavy (non-hydrogen) atoms. The van der Waals surface area contributed by atoms with Crippen LogP contribution in [0.5, 0.6) is 0 Å². The minimum atomic E-state index is -0.163. The number of pyridine rings is 1. The zero-order chi connectivity index (χ0) is 14.5. The first-order valence-electron chi connectivity index (χ1n) is 6.67. The molecule has 0 saturated heterocycles. The maximum absolute atomic E-state index is 6.21. The molecule has 6 heteroatoms. The van der Waals surface area contributed by atoms with Crippen LogP contribution in [0.2, 0.25) is 0 Å². The molecule has 2 heterocycles. The number of imidazole rings is 1. The van der Waals surface area contributed by atoms with Gasteiger partial charge in [0.15, 0.2) is 5.65 Å². The molecule has 5 nitrogen and oxygen atoms in total. The van der Waals surface area contributed by atoms with Crippen molar-refractivity contribution in [3.63, 3.8) is 0 Å². The molecule has 2 aromatic heterocycles. The first-order valence-corrected chi connectivity index (χ1v) is 7.10. The van der Waals surface area contributed by atoms with Gasteiger partial charge >= 0.3 is 0 Å². The molecule has 2 aromatic rings. The minimum Gasteiger partial charge on any atom is -0.382 e. The topological polar surface area (TPSA) is 49.2 Å². The van der Waals surface area contributed by atoms with Gasteiger partial charge in [-0.25, -0.2) is 9.97 Å². The largest absolute Gasteiger partial charge is 0.382 e. The highest BCUT2D eigenvalue weighted by molar-refractivity contribution is 6.20. The van der Waals surface area contributed by atoms with Gasteiger partial charge in [0.05, 0.1) is 25.2 Å². The van der Waals surface area contributed by atoms with Gasteiger partial charge in [0.2, 0.25) is 0 Å². The zero-order valence-corrected chi connectivity index (χ0v) is 12.9. The highest BCUT2D eigenvalue weighted by atomic mass is 35.5. The summed E-state index contributed by atoms with van der Waals surface area (Å²) in [5.41, 5.74) is 2.82. The highest BCUT2D eigenvalue weighted by Crippen LogP contribution is 2.23. The summed E-state index contributed by atoms with van der Waals surface area (Å²) in [5, 5.41) is -0.163. The molecule has 2 rings (SSSR count). The molecule has 1 unspecified atom stereocenters. The van der Waals surface area contributed by atoms with Gasteiger partial charge in [0.1, 0.15) is 11.3 Å². The van der Waals surface area contributed by atoms with Crippen LogP contribution in [0.15, 0.2) is 12.3 Å². The second-order valence-electron chi connectivity index (χ2n) is 4.70. The molecule has 0 N–H and O–H groups in total. The van der Waals surface area contributed by atoms with Crippen LogP contribution in [0.3, 0.4) is 0 Å². The Morgan fingerprint density at radius 2 is 2.15 bits per heavy atom. The van der Waals surface area contributed by atoms with E-state index in [1.807, 2.05) is 30.7 Å². The summed E-state index contributed by atoms with van der Waals surface area (Å²) in [6, 6.07) is 2.02. The van der Waals surface area contributed by atoms with Crippen LogP contribution in [0.1, 0.15) is 23.7 Å². The molecule has 0 saturated carbocycles.